The fourth-order valence-electron chi connectivity index (χ4n) is 6.10. The Hall–Kier alpha value is -3.43. The number of anilines is 1. The van der Waals surface area contributed by atoms with Crippen LogP contribution in [0, 0.1) is 37.5 Å². The molecule has 0 amide bonds. The Balaban J connectivity index is 1.68. The first-order valence-electron chi connectivity index (χ1n) is 13.7. The molecule has 1 atom stereocenters. The van der Waals surface area contributed by atoms with Crippen LogP contribution in [0.3, 0.4) is 0 Å². The standard InChI is InChI=1S/C34H32Cl3N3O2/c1-18-11-21(17-42-29-10-9-22(35)13-19(29)2)20(3)23(12-18)30-24(16-38)33(39)40(26-8-6-7-25(36)32(26)37)27-14-34(4,5)15-28(41)31(27)30/h6-13,30H,14-15,17,39H2,1-5H3. The van der Waals surface area contributed by atoms with E-state index in [1.807, 2.05) is 39.0 Å². The SMILES string of the molecule is Cc1cc(COc2ccc(Cl)cc2C)c(C)c(C2C(C#N)=C(N)N(c3cccc(Cl)c3Cl)C3=C2C(=O)CC(C)(C)C3)c1. The quantitative estimate of drug-likeness (QED) is 0.308. The van der Waals surface area contributed by atoms with Gasteiger partial charge in [0.2, 0.25) is 0 Å². The lowest BCUT2D eigenvalue weighted by atomic mass is 9.68. The summed E-state index contributed by atoms with van der Waals surface area (Å²) < 4.78 is 6.21. The Morgan fingerprint density at radius 2 is 1.81 bits per heavy atom. The fourth-order valence-corrected chi connectivity index (χ4v) is 6.71. The minimum atomic E-state index is -0.626. The van der Waals surface area contributed by atoms with E-state index in [9.17, 15) is 10.1 Å². The van der Waals surface area contributed by atoms with Gasteiger partial charge in [0.1, 0.15) is 18.2 Å². The van der Waals surface area contributed by atoms with Crippen LogP contribution in [0.1, 0.15) is 60.4 Å². The second kappa shape index (κ2) is 11.3. The summed E-state index contributed by atoms with van der Waals surface area (Å²) in [5.74, 6) is 0.348. The number of aryl methyl sites for hydroxylation is 2. The topological polar surface area (TPSA) is 79.3 Å². The molecule has 1 aliphatic heterocycles. The molecule has 216 valence electrons. The zero-order valence-corrected chi connectivity index (χ0v) is 26.5. The number of carbonyl (C=O) groups is 1. The van der Waals surface area contributed by atoms with Crippen molar-refractivity contribution < 1.29 is 9.53 Å². The van der Waals surface area contributed by atoms with Crippen molar-refractivity contribution in [2.24, 2.45) is 11.1 Å². The molecule has 0 aromatic heterocycles. The number of carbonyl (C=O) groups excluding carboxylic acids is 1. The lowest BCUT2D eigenvalue weighted by Gasteiger charge is -2.44. The first kappa shape index (κ1) is 30.0. The van der Waals surface area contributed by atoms with E-state index in [1.165, 1.54) is 0 Å². The maximum absolute atomic E-state index is 14.0. The summed E-state index contributed by atoms with van der Waals surface area (Å²) >= 11 is 19.2. The van der Waals surface area contributed by atoms with E-state index in [0.717, 1.165) is 39.3 Å². The molecule has 0 saturated heterocycles. The van der Waals surface area contributed by atoms with Gasteiger partial charge in [0, 0.05) is 22.7 Å². The third-order valence-electron chi connectivity index (χ3n) is 8.08. The average Bonchev–Trinajstić information content (AvgIpc) is 2.90. The van der Waals surface area contributed by atoms with Crippen LogP contribution in [-0.2, 0) is 11.4 Å². The molecule has 1 aliphatic carbocycles. The number of hydrogen-bond donors (Lipinski definition) is 1. The third-order valence-corrected chi connectivity index (χ3v) is 9.13. The van der Waals surface area contributed by atoms with Gasteiger partial charge in [0.25, 0.3) is 0 Å². The minimum Gasteiger partial charge on any atom is -0.489 e. The Morgan fingerprint density at radius 1 is 1.07 bits per heavy atom. The fraction of sp³-hybridized carbons (Fsp3) is 0.294. The van der Waals surface area contributed by atoms with Gasteiger partial charge in [-0.15, -0.1) is 0 Å². The highest BCUT2D eigenvalue weighted by Gasteiger charge is 2.45. The van der Waals surface area contributed by atoms with Crippen LogP contribution >= 0.6 is 34.8 Å². The molecule has 0 radical (unpaired) electrons. The van der Waals surface area contributed by atoms with Crippen molar-refractivity contribution in [3.05, 3.63) is 114 Å². The summed E-state index contributed by atoms with van der Waals surface area (Å²) in [5.41, 5.74) is 13.4. The van der Waals surface area contributed by atoms with Crippen molar-refractivity contribution >= 4 is 46.3 Å². The third kappa shape index (κ3) is 5.40. The van der Waals surface area contributed by atoms with Gasteiger partial charge in [-0.3, -0.25) is 9.69 Å². The summed E-state index contributed by atoms with van der Waals surface area (Å²) in [7, 11) is 0. The minimum absolute atomic E-state index is 0.00912. The summed E-state index contributed by atoms with van der Waals surface area (Å²) in [5, 5.41) is 11.9. The molecule has 3 aromatic carbocycles. The predicted octanol–water partition coefficient (Wildman–Crippen LogP) is 9.09. The number of ketones is 1. The zero-order chi connectivity index (χ0) is 30.5. The Kier molecular flexibility index (Phi) is 8.11. The summed E-state index contributed by atoms with van der Waals surface area (Å²) in [6.07, 6.45) is 0.929. The molecule has 0 spiro atoms. The van der Waals surface area contributed by atoms with Crippen molar-refractivity contribution in [3.8, 4) is 11.8 Å². The highest BCUT2D eigenvalue weighted by Crippen LogP contribution is 2.52. The van der Waals surface area contributed by atoms with Gasteiger partial charge >= 0.3 is 0 Å². The van der Waals surface area contributed by atoms with E-state index in [1.54, 1.807) is 29.2 Å². The molecule has 5 rings (SSSR count). The van der Waals surface area contributed by atoms with Crippen LogP contribution in [0.4, 0.5) is 5.69 Å². The first-order chi connectivity index (χ1) is 19.8. The van der Waals surface area contributed by atoms with E-state index in [2.05, 4.69) is 26.0 Å². The molecule has 0 bridgehead atoms. The summed E-state index contributed by atoms with van der Waals surface area (Å²) in [6.45, 7) is 10.4. The van der Waals surface area contributed by atoms with E-state index in [-0.39, 0.29) is 17.0 Å². The van der Waals surface area contributed by atoms with Gasteiger partial charge < -0.3 is 10.5 Å². The second-order valence-corrected chi connectivity index (χ2v) is 13.1. The van der Waals surface area contributed by atoms with E-state index in [4.69, 9.17) is 45.3 Å². The highest BCUT2D eigenvalue weighted by molar-refractivity contribution is 6.43. The van der Waals surface area contributed by atoms with Crippen LogP contribution in [0.15, 0.2) is 71.2 Å². The molecule has 3 aromatic rings. The highest BCUT2D eigenvalue weighted by atomic mass is 35.5. The van der Waals surface area contributed by atoms with E-state index < -0.39 is 5.92 Å². The van der Waals surface area contributed by atoms with E-state index in [0.29, 0.717) is 51.4 Å². The molecule has 0 saturated carbocycles. The second-order valence-electron chi connectivity index (χ2n) is 11.9. The summed E-state index contributed by atoms with van der Waals surface area (Å²) in [6, 6.07) is 17.3. The van der Waals surface area contributed by atoms with Gasteiger partial charge in [-0.2, -0.15) is 5.26 Å². The van der Waals surface area contributed by atoms with Crippen molar-refractivity contribution in [3.63, 3.8) is 0 Å². The maximum Gasteiger partial charge on any atom is 0.162 e. The number of rotatable bonds is 5. The van der Waals surface area contributed by atoms with Crippen LogP contribution in [-0.4, -0.2) is 5.78 Å². The molecular weight excluding hydrogens is 589 g/mol. The predicted molar refractivity (Wildman–Crippen MR) is 170 cm³/mol. The lowest BCUT2D eigenvalue weighted by molar-refractivity contribution is -0.118. The van der Waals surface area contributed by atoms with Gasteiger partial charge in [-0.05, 0) is 85.2 Å². The maximum atomic E-state index is 14.0. The van der Waals surface area contributed by atoms with Gasteiger partial charge in [0.15, 0.2) is 5.78 Å². The van der Waals surface area contributed by atoms with Crippen molar-refractivity contribution in [2.45, 2.75) is 60.0 Å². The largest absolute Gasteiger partial charge is 0.489 e. The molecule has 1 unspecified atom stereocenters. The number of allylic oxidation sites excluding steroid dienone is 3. The zero-order valence-electron chi connectivity index (χ0n) is 24.2. The van der Waals surface area contributed by atoms with Crippen LogP contribution in [0.2, 0.25) is 15.1 Å². The number of benzene rings is 3. The number of Topliss-reactive ketones (excluding diaryl/α,β-unsaturated/α-hetero) is 1. The Bertz CT molecular complexity index is 1730. The van der Waals surface area contributed by atoms with Crippen LogP contribution in [0.25, 0.3) is 0 Å². The smallest absolute Gasteiger partial charge is 0.162 e. The molecular formula is C34H32Cl3N3O2. The average molecular weight is 621 g/mol. The lowest BCUT2D eigenvalue weighted by Crippen LogP contribution is -2.42. The van der Waals surface area contributed by atoms with Gasteiger partial charge in [-0.25, -0.2) is 0 Å². The monoisotopic (exact) mass is 619 g/mol. The molecule has 2 aliphatic rings. The van der Waals surface area contributed by atoms with E-state index >= 15 is 0 Å². The molecule has 0 fully saturated rings. The summed E-state index contributed by atoms with van der Waals surface area (Å²) in [4.78, 5) is 15.8. The number of nitrogens with zero attached hydrogens (tertiary/aromatic N) is 2. The number of nitriles is 1. The van der Waals surface area contributed by atoms with Gasteiger partial charge in [0.05, 0.1) is 33.3 Å². The Morgan fingerprint density at radius 3 is 2.50 bits per heavy atom. The normalized spacial score (nSPS) is 18.2. The molecule has 1 heterocycles. The van der Waals surface area contributed by atoms with Crippen molar-refractivity contribution in [1.29, 1.82) is 5.26 Å². The Labute approximate surface area is 262 Å². The molecule has 5 nitrogen and oxygen atoms in total. The molecule has 42 heavy (non-hydrogen) atoms. The number of hydrogen-bond acceptors (Lipinski definition) is 5. The molecule has 8 heteroatoms. The van der Waals surface area contributed by atoms with Crippen molar-refractivity contribution in [2.75, 3.05) is 4.90 Å². The number of nitrogens with two attached hydrogens (primary N) is 1. The number of halogens is 3. The number of ether oxygens (including phenoxy) is 1. The van der Waals surface area contributed by atoms with Crippen LogP contribution < -0.4 is 15.4 Å². The van der Waals surface area contributed by atoms with Gasteiger partial charge in [-0.1, -0.05) is 72.4 Å². The van der Waals surface area contributed by atoms with Crippen LogP contribution in [0.5, 0.6) is 5.75 Å². The first-order valence-corrected chi connectivity index (χ1v) is 14.9. The molecule has 2 N–H and O–H groups in total. The van der Waals surface area contributed by atoms with Crippen molar-refractivity contribution in [1.82, 2.24) is 0 Å².